The van der Waals surface area contributed by atoms with Crippen molar-refractivity contribution >= 4 is 0 Å². The molecule has 3 rings (SSSR count). The molecule has 92 valence electrons. The predicted octanol–water partition coefficient (Wildman–Crippen LogP) is 2.70. The summed E-state index contributed by atoms with van der Waals surface area (Å²) in [5.41, 5.74) is 4.30. The SMILES string of the molecule is Cc1ccc2c(c1)CCO[C@H]2[C@@H]1CCCN1C. The van der Waals surface area contributed by atoms with Crippen LogP contribution in [0.4, 0.5) is 0 Å². The molecule has 1 aromatic rings. The normalized spacial score (nSPS) is 29.3. The Labute approximate surface area is 104 Å². The second-order valence-corrected chi connectivity index (χ2v) is 5.43. The zero-order valence-electron chi connectivity index (χ0n) is 10.8. The number of fused-ring (bicyclic) bond motifs is 1. The van der Waals surface area contributed by atoms with Crippen molar-refractivity contribution in [1.82, 2.24) is 4.90 Å². The van der Waals surface area contributed by atoms with Crippen LogP contribution in [0.1, 0.15) is 35.6 Å². The lowest BCUT2D eigenvalue weighted by Gasteiger charge is -2.34. The molecule has 1 saturated heterocycles. The maximum absolute atomic E-state index is 6.06. The fourth-order valence-electron chi connectivity index (χ4n) is 3.25. The molecule has 2 aliphatic rings. The molecule has 0 radical (unpaired) electrons. The molecule has 0 unspecified atom stereocenters. The molecular formula is C15H21NO. The molecule has 0 amide bonds. The van der Waals surface area contributed by atoms with Gasteiger partial charge in [0.25, 0.3) is 0 Å². The largest absolute Gasteiger partial charge is 0.372 e. The van der Waals surface area contributed by atoms with Crippen molar-refractivity contribution < 1.29 is 4.74 Å². The summed E-state index contributed by atoms with van der Waals surface area (Å²) in [7, 11) is 2.23. The lowest BCUT2D eigenvalue weighted by atomic mass is 9.91. The van der Waals surface area contributed by atoms with E-state index in [0.29, 0.717) is 12.1 Å². The van der Waals surface area contributed by atoms with Gasteiger partial charge in [-0.15, -0.1) is 0 Å². The van der Waals surface area contributed by atoms with Crippen LogP contribution in [0.15, 0.2) is 18.2 Å². The average molecular weight is 231 g/mol. The highest BCUT2D eigenvalue weighted by molar-refractivity contribution is 5.35. The van der Waals surface area contributed by atoms with Crippen LogP contribution in [-0.2, 0) is 11.2 Å². The Balaban J connectivity index is 1.93. The van der Waals surface area contributed by atoms with Crippen LogP contribution in [0.3, 0.4) is 0 Å². The Morgan fingerprint density at radius 3 is 3.00 bits per heavy atom. The van der Waals surface area contributed by atoms with Crippen molar-refractivity contribution in [3.8, 4) is 0 Å². The lowest BCUT2D eigenvalue weighted by molar-refractivity contribution is -0.00609. The van der Waals surface area contributed by atoms with Crippen LogP contribution in [0.2, 0.25) is 0 Å². The fraction of sp³-hybridized carbons (Fsp3) is 0.600. The van der Waals surface area contributed by atoms with Gasteiger partial charge in [-0.2, -0.15) is 0 Å². The molecule has 0 N–H and O–H groups in total. The average Bonchev–Trinajstić information content (AvgIpc) is 2.74. The maximum atomic E-state index is 6.06. The van der Waals surface area contributed by atoms with Gasteiger partial charge in [0.2, 0.25) is 0 Å². The van der Waals surface area contributed by atoms with Crippen LogP contribution in [0.5, 0.6) is 0 Å². The van der Waals surface area contributed by atoms with Crippen molar-refractivity contribution in [3.63, 3.8) is 0 Å². The third-order valence-electron chi connectivity index (χ3n) is 4.20. The molecule has 0 aromatic heterocycles. The summed E-state index contributed by atoms with van der Waals surface area (Å²) >= 11 is 0. The number of hydrogen-bond donors (Lipinski definition) is 0. The molecule has 0 saturated carbocycles. The summed E-state index contributed by atoms with van der Waals surface area (Å²) < 4.78 is 6.06. The van der Waals surface area contributed by atoms with Crippen molar-refractivity contribution in [1.29, 1.82) is 0 Å². The number of hydrogen-bond acceptors (Lipinski definition) is 2. The molecule has 0 bridgehead atoms. The molecule has 17 heavy (non-hydrogen) atoms. The van der Waals surface area contributed by atoms with E-state index in [1.165, 1.54) is 36.1 Å². The predicted molar refractivity (Wildman–Crippen MR) is 69.2 cm³/mol. The monoisotopic (exact) mass is 231 g/mol. The van der Waals surface area contributed by atoms with Crippen LogP contribution >= 0.6 is 0 Å². The summed E-state index contributed by atoms with van der Waals surface area (Å²) in [5.74, 6) is 0. The highest BCUT2D eigenvalue weighted by atomic mass is 16.5. The Hall–Kier alpha value is -0.860. The van der Waals surface area contributed by atoms with Gasteiger partial charge in [0.15, 0.2) is 0 Å². The van der Waals surface area contributed by atoms with Crippen LogP contribution < -0.4 is 0 Å². The number of likely N-dealkylation sites (tertiary alicyclic amines) is 1. The van der Waals surface area contributed by atoms with Crippen molar-refractivity contribution in [2.75, 3.05) is 20.2 Å². The first kappa shape index (κ1) is 11.2. The summed E-state index contributed by atoms with van der Waals surface area (Å²) in [4.78, 5) is 2.46. The molecule has 0 aliphatic carbocycles. The first-order valence-corrected chi connectivity index (χ1v) is 6.67. The van der Waals surface area contributed by atoms with Gasteiger partial charge in [0, 0.05) is 6.04 Å². The van der Waals surface area contributed by atoms with Gasteiger partial charge in [0.05, 0.1) is 12.7 Å². The van der Waals surface area contributed by atoms with Crippen LogP contribution in [-0.4, -0.2) is 31.1 Å². The third kappa shape index (κ3) is 2.00. The standard InChI is InChI=1S/C15H21NO/c1-11-5-6-13-12(10-11)7-9-17-15(13)14-4-3-8-16(14)2/h5-6,10,14-15H,3-4,7-9H2,1-2H3/t14-,15+/m0/s1. The summed E-state index contributed by atoms with van der Waals surface area (Å²) in [6.45, 7) is 4.27. The molecule has 1 aromatic carbocycles. The lowest BCUT2D eigenvalue weighted by Crippen LogP contribution is -2.35. The van der Waals surface area contributed by atoms with Crippen molar-refractivity contribution in [2.24, 2.45) is 0 Å². The van der Waals surface area contributed by atoms with E-state index in [1.54, 1.807) is 0 Å². The molecule has 2 atom stereocenters. The van der Waals surface area contributed by atoms with Gasteiger partial charge in [-0.3, -0.25) is 0 Å². The van der Waals surface area contributed by atoms with Gasteiger partial charge >= 0.3 is 0 Å². The number of benzene rings is 1. The molecule has 2 heterocycles. The maximum Gasteiger partial charge on any atom is 0.0982 e. The molecule has 2 aliphatic heterocycles. The first-order chi connectivity index (χ1) is 8.25. The van der Waals surface area contributed by atoms with Gasteiger partial charge in [-0.25, -0.2) is 0 Å². The summed E-state index contributed by atoms with van der Waals surface area (Å²) in [6, 6.07) is 7.41. The van der Waals surface area contributed by atoms with E-state index < -0.39 is 0 Å². The second-order valence-electron chi connectivity index (χ2n) is 5.43. The number of ether oxygens (including phenoxy) is 1. The van der Waals surface area contributed by atoms with Crippen molar-refractivity contribution in [2.45, 2.75) is 38.3 Å². The quantitative estimate of drug-likeness (QED) is 0.737. The number of rotatable bonds is 1. The van der Waals surface area contributed by atoms with E-state index >= 15 is 0 Å². The van der Waals surface area contributed by atoms with Crippen LogP contribution in [0.25, 0.3) is 0 Å². The Morgan fingerprint density at radius 1 is 1.35 bits per heavy atom. The molecule has 0 spiro atoms. The van der Waals surface area contributed by atoms with Gasteiger partial charge in [-0.05, 0) is 50.9 Å². The Morgan fingerprint density at radius 2 is 2.24 bits per heavy atom. The number of nitrogens with zero attached hydrogens (tertiary/aromatic N) is 1. The fourth-order valence-corrected chi connectivity index (χ4v) is 3.25. The van der Waals surface area contributed by atoms with E-state index in [0.717, 1.165) is 13.0 Å². The Bertz CT molecular complexity index is 415. The van der Waals surface area contributed by atoms with E-state index in [9.17, 15) is 0 Å². The smallest absolute Gasteiger partial charge is 0.0982 e. The van der Waals surface area contributed by atoms with Crippen molar-refractivity contribution in [3.05, 3.63) is 34.9 Å². The second kappa shape index (κ2) is 4.43. The van der Waals surface area contributed by atoms with Gasteiger partial charge in [0.1, 0.15) is 0 Å². The molecule has 1 fully saturated rings. The number of likely N-dealkylation sites (N-methyl/N-ethyl adjacent to an activating group) is 1. The Kier molecular flexibility index (Phi) is 2.93. The van der Waals surface area contributed by atoms with E-state index in [2.05, 4.69) is 37.1 Å². The molecular weight excluding hydrogens is 210 g/mol. The molecule has 2 nitrogen and oxygen atoms in total. The third-order valence-corrected chi connectivity index (χ3v) is 4.20. The summed E-state index contributed by atoms with van der Waals surface area (Å²) in [5, 5.41) is 0. The minimum atomic E-state index is 0.298. The zero-order valence-corrected chi connectivity index (χ0v) is 10.8. The van der Waals surface area contributed by atoms with Gasteiger partial charge in [-0.1, -0.05) is 23.8 Å². The highest BCUT2D eigenvalue weighted by Crippen LogP contribution is 2.36. The topological polar surface area (TPSA) is 12.5 Å². The van der Waals surface area contributed by atoms with E-state index in [-0.39, 0.29) is 0 Å². The summed E-state index contributed by atoms with van der Waals surface area (Å²) in [6.07, 6.45) is 3.95. The molecule has 2 heteroatoms. The highest BCUT2D eigenvalue weighted by Gasteiger charge is 2.33. The van der Waals surface area contributed by atoms with E-state index in [1.807, 2.05) is 0 Å². The zero-order chi connectivity index (χ0) is 11.8. The van der Waals surface area contributed by atoms with Crippen LogP contribution in [0, 0.1) is 6.92 Å². The first-order valence-electron chi connectivity index (χ1n) is 6.67. The van der Waals surface area contributed by atoms with E-state index in [4.69, 9.17) is 4.74 Å². The minimum Gasteiger partial charge on any atom is -0.372 e. The van der Waals surface area contributed by atoms with Gasteiger partial charge < -0.3 is 9.64 Å². The minimum absolute atomic E-state index is 0.298. The number of aryl methyl sites for hydroxylation is 1.